The summed E-state index contributed by atoms with van der Waals surface area (Å²) in [6.07, 6.45) is 3.79. The van der Waals surface area contributed by atoms with E-state index in [0.717, 1.165) is 25.2 Å². The minimum Gasteiger partial charge on any atom is -0.394 e. The maximum Gasteiger partial charge on any atom is 0.185 e. The molecule has 128 valence electrons. The van der Waals surface area contributed by atoms with Gasteiger partial charge in [-0.15, -0.1) is 0 Å². The highest BCUT2D eigenvalue weighted by Gasteiger charge is 2.35. The molecule has 2 aliphatic heterocycles. The second-order valence-electron chi connectivity index (χ2n) is 6.19. The van der Waals surface area contributed by atoms with Gasteiger partial charge >= 0.3 is 0 Å². The Morgan fingerprint density at radius 2 is 2.25 bits per heavy atom. The normalized spacial score (nSPS) is 29.2. The van der Waals surface area contributed by atoms with Crippen molar-refractivity contribution in [2.75, 3.05) is 20.2 Å². The van der Waals surface area contributed by atoms with E-state index in [0.29, 0.717) is 23.4 Å². The second-order valence-corrected chi connectivity index (χ2v) is 6.19. The Balaban J connectivity index is 1.70. The largest absolute Gasteiger partial charge is 0.394 e. The molecule has 9 nitrogen and oxygen atoms in total. The Bertz CT molecular complexity index is 776. The summed E-state index contributed by atoms with van der Waals surface area (Å²) in [4.78, 5) is 19.7. The van der Waals surface area contributed by atoms with Crippen molar-refractivity contribution in [1.82, 2.24) is 24.4 Å². The maximum atomic E-state index is 9.92. The van der Waals surface area contributed by atoms with Crippen LogP contribution in [0.3, 0.4) is 0 Å². The number of rotatable bonds is 3. The van der Waals surface area contributed by atoms with Crippen molar-refractivity contribution in [1.29, 1.82) is 0 Å². The van der Waals surface area contributed by atoms with Crippen LogP contribution in [0.15, 0.2) is 17.6 Å². The predicted molar refractivity (Wildman–Crippen MR) is 85.9 cm³/mol. The fraction of sp³-hybridized carbons (Fsp3) is 0.600. The lowest BCUT2D eigenvalue weighted by Gasteiger charge is -2.13. The van der Waals surface area contributed by atoms with Crippen molar-refractivity contribution in [3.8, 4) is 0 Å². The van der Waals surface area contributed by atoms with E-state index in [1.54, 1.807) is 10.9 Å². The number of aromatic nitrogens is 4. The average molecular weight is 332 g/mol. The molecular weight excluding hydrogens is 312 g/mol. The van der Waals surface area contributed by atoms with Gasteiger partial charge in [0.15, 0.2) is 17.0 Å². The van der Waals surface area contributed by atoms with Gasteiger partial charge < -0.3 is 19.8 Å². The van der Waals surface area contributed by atoms with Crippen molar-refractivity contribution >= 4 is 22.8 Å². The summed E-state index contributed by atoms with van der Waals surface area (Å²) in [6, 6.07) is 0. The first kappa shape index (κ1) is 15.4. The molecule has 0 unspecified atom stereocenters. The molecule has 0 bridgehead atoms. The van der Waals surface area contributed by atoms with Crippen LogP contribution in [-0.2, 0) is 4.74 Å². The van der Waals surface area contributed by atoms with Crippen molar-refractivity contribution in [2.45, 2.75) is 37.7 Å². The molecule has 2 fully saturated rings. The van der Waals surface area contributed by atoms with Gasteiger partial charge in [-0.25, -0.2) is 19.9 Å². The first-order valence-corrected chi connectivity index (χ1v) is 8.08. The molecule has 0 amide bonds. The highest BCUT2D eigenvalue weighted by Crippen LogP contribution is 2.32. The molecule has 2 aromatic heterocycles. The molecule has 2 N–H and O–H groups in total. The Morgan fingerprint density at radius 1 is 1.38 bits per heavy atom. The topological polar surface area (TPSA) is 109 Å². The smallest absolute Gasteiger partial charge is 0.185 e. The molecule has 2 saturated heterocycles. The Kier molecular flexibility index (Phi) is 3.91. The monoisotopic (exact) mass is 332 g/mol. The number of fused-ring (bicyclic) bond motifs is 1. The molecule has 2 aliphatic rings. The van der Waals surface area contributed by atoms with Crippen LogP contribution < -0.4 is 0 Å². The molecule has 2 aromatic rings. The van der Waals surface area contributed by atoms with Crippen molar-refractivity contribution < 1.29 is 14.9 Å². The lowest BCUT2D eigenvalue weighted by Crippen LogP contribution is -2.24. The number of aliphatic hydroxyl groups excluding tert-OH is 2. The lowest BCUT2D eigenvalue weighted by molar-refractivity contribution is -0.0432. The number of aliphatic hydroxyl groups is 2. The predicted octanol–water partition coefficient (Wildman–Crippen LogP) is 0.223. The summed E-state index contributed by atoms with van der Waals surface area (Å²) in [7, 11) is 2.02. The summed E-state index contributed by atoms with van der Waals surface area (Å²) in [5.74, 6) is 1.54. The first-order chi connectivity index (χ1) is 11.7. The fourth-order valence-electron chi connectivity index (χ4n) is 3.24. The molecular formula is C15H20N6O3. The molecule has 4 heterocycles. The number of ether oxygens (including phenoxy) is 1. The molecule has 0 radical (unpaired) electrons. The van der Waals surface area contributed by atoms with E-state index in [-0.39, 0.29) is 6.61 Å². The number of hydrogen-bond acceptors (Lipinski definition) is 7. The van der Waals surface area contributed by atoms with Crippen LogP contribution in [0.4, 0.5) is 5.82 Å². The highest BCUT2D eigenvalue weighted by atomic mass is 16.5. The van der Waals surface area contributed by atoms with Gasteiger partial charge in [-0.1, -0.05) is 0 Å². The number of aliphatic imine (C=N–C) groups is 1. The van der Waals surface area contributed by atoms with Crippen LogP contribution in [0, 0.1) is 0 Å². The van der Waals surface area contributed by atoms with Gasteiger partial charge in [0.1, 0.15) is 24.5 Å². The zero-order chi connectivity index (χ0) is 16.7. The Hall–Kier alpha value is -2.10. The van der Waals surface area contributed by atoms with Gasteiger partial charge in [0.2, 0.25) is 0 Å². The summed E-state index contributed by atoms with van der Waals surface area (Å²) in [5, 5.41) is 19.2. The van der Waals surface area contributed by atoms with Crippen LogP contribution in [-0.4, -0.2) is 72.9 Å². The zero-order valence-corrected chi connectivity index (χ0v) is 13.4. The molecule has 0 saturated carbocycles. The van der Waals surface area contributed by atoms with Gasteiger partial charge in [-0.05, 0) is 6.42 Å². The Labute approximate surface area is 138 Å². The van der Waals surface area contributed by atoms with Gasteiger partial charge in [-0.3, -0.25) is 4.57 Å². The fourth-order valence-corrected chi connectivity index (χ4v) is 3.24. The lowest BCUT2D eigenvalue weighted by atomic mass is 10.2. The van der Waals surface area contributed by atoms with Crippen molar-refractivity contribution in [3.63, 3.8) is 0 Å². The number of nitrogens with zero attached hydrogens (tertiary/aromatic N) is 6. The van der Waals surface area contributed by atoms with Crippen molar-refractivity contribution in [2.24, 2.45) is 4.99 Å². The maximum absolute atomic E-state index is 9.92. The van der Waals surface area contributed by atoms with Crippen LogP contribution in [0.2, 0.25) is 0 Å². The molecule has 3 atom stereocenters. The van der Waals surface area contributed by atoms with E-state index in [2.05, 4.69) is 24.8 Å². The minimum atomic E-state index is -0.703. The van der Waals surface area contributed by atoms with Crippen LogP contribution in [0.5, 0.6) is 0 Å². The van der Waals surface area contributed by atoms with Gasteiger partial charge in [0.25, 0.3) is 0 Å². The van der Waals surface area contributed by atoms with Crippen LogP contribution in [0.25, 0.3) is 11.2 Å². The van der Waals surface area contributed by atoms with E-state index < -0.39 is 18.4 Å². The van der Waals surface area contributed by atoms with E-state index in [4.69, 9.17) is 4.74 Å². The van der Waals surface area contributed by atoms with E-state index in [9.17, 15) is 10.2 Å². The summed E-state index contributed by atoms with van der Waals surface area (Å²) in [6.45, 7) is 0.780. The van der Waals surface area contributed by atoms with Crippen LogP contribution >= 0.6 is 0 Å². The molecule has 24 heavy (non-hydrogen) atoms. The van der Waals surface area contributed by atoms with Crippen molar-refractivity contribution in [3.05, 3.63) is 12.7 Å². The third-order valence-electron chi connectivity index (χ3n) is 4.60. The van der Waals surface area contributed by atoms with Gasteiger partial charge in [-0.2, -0.15) is 0 Å². The quantitative estimate of drug-likeness (QED) is 0.827. The molecule has 9 heteroatoms. The number of likely N-dealkylation sites (tertiary alicyclic amines) is 1. The minimum absolute atomic E-state index is 0.218. The number of hydrogen-bond donors (Lipinski definition) is 2. The highest BCUT2D eigenvalue weighted by molar-refractivity contribution is 5.90. The molecule has 0 aromatic carbocycles. The SMILES string of the molecule is CN1CCC/C1=N\c1ncnc2c1ncn2[C@H]1C[C@H](O)[C@@H](CO)O1. The van der Waals surface area contributed by atoms with E-state index in [1.807, 2.05) is 7.05 Å². The third kappa shape index (κ3) is 2.54. The van der Waals surface area contributed by atoms with E-state index >= 15 is 0 Å². The van der Waals surface area contributed by atoms with E-state index in [1.165, 1.54) is 6.33 Å². The molecule has 0 spiro atoms. The molecule has 0 aliphatic carbocycles. The number of imidazole rings is 1. The standard InChI is InChI=1S/C15H20N6O3/c1-20-4-2-3-11(20)19-14-13-15(17-7-16-14)21(8-18-13)12-5-9(23)10(6-22)24-12/h7-10,12,22-23H,2-6H2,1H3/b19-11+/t9-,10+,12+/m0/s1. The van der Waals surface area contributed by atoms with Gasteiger partial charge in [0, 0.05) is 26.4 Å². The summed E-state index contributed by atoms with van der Waals surface area (Å²) < 4.78 is 7.45. The number of amidine groups is 1. The summed E-state index contributed by atoms with van der Waals surface area (Å²) in [5.41, 5.74) is 1.22. The first-order valence-electron chi connectivity index (χ1n) is 8.08. The average Bonchev–Trinajstić information content (AvgIpc) is 3.27. The van der Waals surface area contributed by atoms with Gasteiger partial charge in [0.05, 0.1) is 19.0 Å². The second kappa shape index (κ2) is 6.08. The zero-order valence-electron chi connectivity index (χ0n) is 13.4. The summed E-state index contributed by atoms with van der Waals surface area (Å²) >= 11 is 0. The Morgan fingerprint density at radius 3 is 2.96 bits per heavy atom. The third-order valence-corrected chi connectivity index (χ3v) is 4.60. The molecule has 4 rings (SSSR count). The van der Waals surface area contributed by atoms with Crippen LogP contribution in [0.1, 0.15) is 25.5 Å².